The van der Waals surface area contributed by atoms with Crippen molar-refractivity contribution < 1.29 is 23.5 Å². The summed E-state index contributed by atoms with van der Waals surface area (Å²) in [5.41, 5.74) is 2.15. The van der Waals surface area contributed by atoms with Crippen molar-refractivity contribution in [2.24, 2.45) is 0 Å². The Bertz CT molecular complexity index is 941. The minimum Gasteiger partial charge on any atom is -0.491 e. The number of thiazole rings is 1. The molecule has 0 unspecified atom stereocenters. The summed E-state index contributed by atoms with van der Waals surface area (Å²) in [6, 6.07) is 4.62. The van der Waals surface area contributed by atoms with Crippen LogP contribution in [0.3, 0.4) is 0 Å². The Balaban J connectivity index is 1.84. The molecule has 0 saturated carbocycles. The minimum atomic E-state index is -1.84. The Hall–Kier alpha value is -2.21. The quantitative estimate of drug-likeness (QED) is 0.334. The van der Waals surface area contributed by atoms with Crippen LogP contribution in [0.1, 0.15) is 48.1 Å². The van der Waals surface area contributed by atoms with Gasteiger partial charge in [0, 0.05) is 10.4 Å². The number of carbonyl (C=O) groups is 1. The number of carboxylic acid groups (broad SMARTS) is 1. The van der Waals surface area contributed by atoms with Crippen LogP contribution in [0.2, 0.25) is 18.1 Å². The lowest BCUT2D eigenvalue weighted by molar-refractivity contribution is 0.0690. The normalized spacial score (nSPS) is 11.7. The monoisotopic (exact) mass is 449 g/mol. The van der Waals surface area contributed by atoms with Gasteiger partial charge in [0.25, 0.3) is 0 Å². The van der Waals surface area contributed by atoms with Gasteiger partial charge in [0.1, 0.15) is 0 Å². The lowest BCUT2D eigenvalue weighted by atomic mass is 10.2. The average Bonchev–Trinajstić information content (AvgIpc) is 3.11. The molecule has 8 heteroatoms. The number of nitrogens with zero attached hydrogens (tertiary/aromatic N) is 1. The fourth-order valence-electron chi connectivity index (χ4n) is 2.30. The van der Waals surface area contributed by atoms with Gasteiger partial charge in [0.05, 0.1) is 18.7 Å². The van der Waals surface area contributed by atoms with Gasteiger partial charge in [-0.1, -0.05) is 32.6 Å². The molecule has 0 saturated heterocycles. The van der Waals surface area contributed by atoms with Crippen LogP contribution in [0.5, 0.6) is 5.75 Å². The number of hydrogen-bond donors (Lipinski definition) is 1. The standard InChI is InChI=1S/C22H28FNO4SSi/c1-22(2,3)30(4,5)28-13-6-8-16-10-11-18(17(23)14-16)27-12-7-9-19-20(21(25)26)24-15-29-19/h10-11,14-15H,7,9,12-13H2,1-5H3,(H,25,26). The van der Waals surface area contributed by atoms with Crippen LogP contribution in [0.25, 0.3) is 0 Å². The van der Waals surface area contributed by atoms with E-state index in [-0.39, 0.29) is 23.1 Å². The summed E-state index contributed by atoms with van der Waals surface area (Å²) in [4.78, 5) is 15.6. The molecular formula is C22H28FNO4SSi. The van der Waals surface area contributed by atoms with E-state index in [9.17, 15) is 9.18 Å². The summed E-state index contributed by atoms with van der Waals surface area (Å²) in [6.45, 7) is 11.4. The van der Waals surface area contributed by atoms with E-state index in [0.29, 0.717) is 29.9 Å². The summed E-state index contributed by atoms with van der Waals surface area (Å²) < 4.78 is 25.8. The molecule has 2 rings (SSSR count). The minimum absolute atomic E-state index is 0.0756. The van der Waals surface area contributed by atoms with E-state index >= 15 is 0 Å². The molecule has 0 radical (unpaired) electrons. The van der Waals surface area contributed by atoms with E-state index in [0.717, 1.165) is 0 Å². The fourth-order valence-corrected chi connectivity index (χ4v) is 3.97. The maximum absolute atomic E-state index is 14.3. The first-order valence-electron chi connectivity index (χ1n) is 9.72. The highest BCUT2D eigenvalue weighted by Crippen LogP contribution is 2.36. The van der Waals surface area contributed by atoms with Gasteiger partial charge in [0.15, 0.2) is 25.6 Å². The van der Waals surface area contributed by atoms with E-state index in [1.54, 1.807) is 12.1 Å². The van der Waals surface area contributed by atoms with Gasteiger partial charge in [-0.2, -0.15) is 0 Å². The van der Waals surface area contributed by atoms with Crippen molar-refractivity contribution in [2.45, 2.75) is 51.7 Å². The zero-order chi connectivity index (χ0) is 22.4. The SMILES string of the molecule is CC(C)(C)[Si](C)(C)OCC#Cc1ccc(OCCCc2scnc2C(=O)O)c(F)c1. The number of aromatic nitrogens is 1. The van der Waals surface area contributed by atoms with Gasteiger partial charge in [-0.15, -0.1) is 11.3 Å². The molecule has 1 N–H and O–H groups in total. The highest BCUT2D eigenvalue weighted by molar-refractivity contribution is 7.09. The number of halogens is 1. The van der Waals surface area contributed by atoms with Gasteiger partial charge < -0.3 is 14.3 Å². The maximum atomic E-state index is 14.3. The molecule has 1 aromatic carbocycles. The van der Waals surface area contributed by atoms with Crippen molar-refractivity contribution in [2.75, 3.05) is 13.2 Å². The van der Waals surface area contributed by atoms with Gasteiger partial charge in [-0.05, 0) is 49.2 Å². The second-order valence-corrected chi connectivity index (χ2v) is 14.1. The summed E-state index contributed by atoms with van der Waals surface area (Å²) in [7, 11) is -1.84. The number of benzene rings is 1. The molecule has 5 nitrogen and oxygen atoms in total. The van der Waals surface area contributed by atoms with Crippen molar-refractivity contribution in [3.05, 3.63) is 45.7 Å². The van der Waals surface area contributed by atoms with Crippen molar-refractivity contribution in [1.29, 1.82) is 0 Å². The van der Waals surface area contributed by atoms with Crippen molar-refractivity contribution in [3.63, 3.8) is 0 Å². The third-order valence-corrected chi connectivity index (χ3v) is 10.5. The Morgan fingerprint density at radius 2 is 2.07 bits per heavy atom. The number of hydrogen-bond acceptors (Lipinski definition) is 5. The molecule has 0 aliphatic carbocycles. The molecule has 0 spiro atoms. The summed E-state index contributed by atoms with van der Waals surface area (Å²) >= 11 is 1.30. The van der Waals surface area contributed by atoms with E-state index in [1.807, 2.05) is 0 Å². The van der Waals surface area contributed by atoms with Crippen molar-refractivity contribution in [1.82, 2.24) is 4.98 Å². The first kappa shape index (κ1) is 24.1. The summed E-state index contributed by atoms with van der Waals surface area (Å²) in [5.74, 6) is 4.53. The van der Waals surface area contributed by atoms with Gasteiger partial charge in [-0.3, -0.25) is 0 Å². The van der Waals surface area contributed by atoms with Gasteiger partial charge in [0.2, 0.25) is 0 Å². The average molecular weight is 450 g/mol. The Labute approximate surface area is 182 Å². The molecule has 162 valence electrons. The third kappa shape index (κ3) is 6.66. The van der Waals surface area contributed by atoms with Crippen LogP contribution in [0, 0.1) is 17.7 Å². The van der Waals surface area contributed by atoms with Crippen LogP contribution < -0.4 is 4.74 Å². The lowest BCUT2D eigenvalue weighted by Gasteiger charge is -2.35. The van der Waals surface area contributed by atoms with Gasteiger partial charge in [-0.25, -0.2) is 14.2 Å². The second-order valence-electron chi connectivity index (χ2n) is 8.38. The molecule has 1 aromatic heterocycles. The molecule has 0 fully saturated rings. The van der Waals surface area contributed by atoms with E-state index in [2.05, 4.69) is 50.7 Å². The number of carboxylic acids is 1. The van der Waals surface area contributed by atoms with Crippen LogP contribution >= 0.6 is 11.3 Å². The molecule has 0 aliphatic heterocycles. The predicted molar refractivity (Wildman–Crippen MR) is 119 cm³/mol. The number of aryl methyl sites for hydroxylation is 1. The second kappa shape index (κ2) is 10.2. The fraction of sp³-hybridized carbons (Fsp3) is 0.455. The van der Waals surface area contributed by atoms with Crippen LogP contribution in [-0.4, -0.2) is 37.6 Å². The van der Waals surface area contributed by atoms with Crippen LogP contribution in [0.15, 0.2) is 23.7 Å². The van der Waals surface area contributed by atoms with E-state index in [4.69, 9.17) is 14.3 Å². The molecule has 0 amide bonds. The first-order chi connectivity index (χ1) is 14.0. The van der Waals surface area contributed by atoms with Crippen LogP contribution in [-0.2, 0) is 10.8 Å². The van der Waals surface area contributed by atoms with E-state index in [1.165, 1.54) is 22.9 Å². The summed E-state index contributed by atoms with van der Waals surface area (Å²) in [5, 5.41) is 9.17. The number of ether oxygens (including phenoxy) is 1. The molecule has 0 bridgehead atoms. The van der Waals surface area contributed by atoms with Crippen molar-refractivity contribution >= 4 is 25.6 Å². The zero-order valence-electron chi connectivity index (χ0n) is 18.0. The molecule has 1 heterocycles. The summed E-state index contributed by atoms with van der Waals surface area (Å²) in [6.07, 6.45) is 1.08. The molecular weight excluding hydrogens is 421 g/mol. The largest absolute Gasteiger partial charge is 0.491 e. The van der Waals surface area contributed by atoms with E-state index < -0.39 is 20.1 Å². The van der Waals surface area contributed by atoms with Gasteiger partial charge >= 0.3 is 5.97 Å². The Morgan fingerprint density at radius 3 is 2.70 bits per heavy atom. The smallest absolute Gasteiger partial charge is 0.355 e. The maximum Gasteiger partial charge on any atom is 0.355 e. The number of rotatable bonds is 8. The molecule has 0 aliphatic rings. The predicted octanol–water partition coefficient (Wildman–Crippen LogP) is 5.37. The highest BCUT2D eigenvalue weighted by atomic mass is 32.1. The highest BCUT2D eigenvalue weighted by Gasteiger charge is 2.36. The Kier molecular flexibility index (Phi) is 8.18. The first-order valence-corrected chi connectivity index (χ1v) is 13.5. The molecule has 30 heavy (non-hydrogen) atoms. The Morgan fingerprint density at radius 1 is 1.33 bits per heavy atom. The molecule has 2 aromatic rings. The van der Waals surface area contributed by atoms with Crippen LogP contribution in [0.4, 0.5) is 4.39 Å². The zero-order valence-corrected chi connectivity index (χ0v) is 19.9. The van der Waals surface area contributed by atoms with Crippen molar-refractivity contribution in [3.8, 4) is 17.6 Å². The topological polar surface area (TPSA) is 68.7 Å². The lowest BCUT2D eigenvalue weighted by Crippen LogP contribution is -2.40. The molecule has 0 atom stereocenters. The third-order valence-electron chi connectivity index (χ3n) is 5.13. The number of aromatic carboxylic acids is 1.